The first kappa shape index (κ1) is 29.5. The second-order valence-electron chi connectivity index (χ2n) is 11.0. The Kier molecular flexibility index (Phi) is 9.76. The fourth-order valence-electron chi connectivity index (χ4n) is 5.66. The van der Waals surface area contributed by atoms with Crippen LogP contribution < -0.4 is 15.8 Å². The maximum atomic E-state index is 12.9. The van der Waals surface area contributed by atoms with E-state index < -0.39 is 0 Å². The number of hydrogen-bond acceptors (Lipinski definition) is 7. The van der Waals surface area contributed by atoms with Gasteiger partial charge in [0, 0.05) is 12.0 Å². The lowest BCUT2D eigenvalue weighted by molar-refractivity contribution is -0.122. The number of carbonyl (C=O) groups excluding carboxylic acids is 1. The zero-order valence-electron chi connectivity index (χ0n) is 23.4. The van der Waals surface area contributed by atoms with E-state index in [1.165, 1.54) is 6.33 Å². The van der Waals surface area contributed by atoms with E-state index in [0.717, 1.165) is 65.9 Å². The number of benzene rings is 2. The number of hydrogen-bond donors (Lipinski definition) is 2. The summed E-state index contributed by atoms with van der Waals surface area (Å²) in [4.78, 5) is 21.8. The smallest absolute Gasteiger partial charge is 0.164 e. The number of nitrogens with one attached hydrogen (secondary N) is 1. The molecule has 0 unspecified atom stereocenters. The molecule has 0 aliphatic heterocycles. The number of fused-ring (bicyclic) bond motifs is 1. The molecule has 1 saturated carbocycles. The van der Waals surface area contributed by atoms with Crippen LogP contribution in [0.1, 0.15) is 58.4 Å². The highest BCUT2D eigenvalue weighted by atomic mass is 35.5. The van der Waals surface area contributed by atoms with Crippen LogP contribution in [-0.2, 0) is 4.79 Å². The van der Waals surface area contributed by atoms with Gasteiger partial charge in [0.05, 0.1) is 17.5 Å². The normalized spacial score (nSPS) is 17.9. The minimum Gasteiger partial charge on any atom is -0.457 e. The molecule has 40 heavy (non-hydrogen) atoms. The number of Topliss-reactive ketones (excluding diaryl/α,β-unsaturated/α-hetero) is 1. The first-order chi connectivity index (χ1) is 18.9. The van der Waals surface area contributed by atoms with Gasteiger partial charge < -0.3 is 15.8 Å². The second-order valence-corrected chi connectivity index (χ2v) is 11.0. The molecule has 2 aromatic carbocycles. The van der Waals surface area contributed by atoms with Gasteiger partial charge >= 0.3 is 0 Å². The molecule has 0 spiro atoms. The minimum atomic E-state index is -0.0514. The number of carbonyl (C=O) groups is 1. The van der Waals surface area contributed by atoms with E-state index in [-0.39, 0.29) is 24.5 Å². The Morgan fingerprint density at radius 2 is 1.70 bits per heavy atom. The van der Waals surface area contributed by atoms with Crippen LogP contribution in [-0.4, -0.2) is 38.6 Å². The van der Waals surface area contributed by atoms with Crippen molar-refractivity contribution in [2.45, 2.75) is 64.5 Å². The van der Waals surface area contributed by atoms with Crippen molar-refractivity contribution in [2.24, 2.45) is 11.8 Å². The molecule has 4 aromatic rings. The van der Waals surface area contributed by atoms with Gasteiger partial charge in [-0.1, -0.05) is 32.0 Å². The van der Waals surface area contributed by atoms with Crippen LogP contribution in [0.4, 0.5) is 5.82 Å². The van der Waals surface area contributed by atoms with Gasteiger partial charge in [-0.3, -0.25) is 4.79 Å². The molecule has 1 aliphatic carbocycles. The summed E-state index contributed by atoms with van der Waals surface area (Å²) < 4.78 is 7.99. The highest BCUT2D eigenvalue weighted by Gasteiger charge is 2.29. The van der Waals surface area contributed by atoms with Crippen LogP contribution in [0.3, 0.4) is 0 Å². The monoisotopic (exact) mass is 562 g/mol. The van der Waals surface area contributed by atoms with Crippen LogP contribution in [0.2, 0.25) is 0 Å². The molecular formula is C31H39ClN6O2. The zero-order chi connectivity index (χ0) is 27.4. The fourth-order valence-corrected chi connectivity index (χ4v) is 5.66. The number of likely N-dealkylation sites (N-methyl/N-ethyl adjacent to an activating group) is 1. The summed E-state index contributed by atoms with van der Waals surface area (Å²) in [6.45, 7) is 4.32. The van der Waals surface area contributed by atoms with Crippen LogP contribution in [0.15, 0.2) is 60.9 Å². The van der Waals surface area contributed by atoms with E-state index in [4.69, 9.17) is 15.6 Å². The molecule has 3 N–H and O–H groups in total. The molecule has 8 nitrogen and oxygen atoms in total. The van der Waals surface area contributed by atoms with Gasteiger partial charge in [-0.15, -0.1) is 12.4 Å². The van der Waals surface area contributed by atoms with E-state index in [9.17, 15) is 4.79 Å². The number of ether oxygens (including phenoxy) is 1. The molecule has 9 heteroatoms. The summed E-state index contributed by atoms with van der Waals surface area (Å²) in [6.07, 6.45) is 6.93. The number of ketones is 1. The molecule has 1 aliphatic rings. The number of aromatic nitrogens is 4. The number of rotatable bonds is 10. The Bertz CT molecular complexity index is 1400. The Morgan fingerprint density at radius 3 is 2.35 bits per heavy atom. The average Bonchev–Trinajstić information content (AvgIpc) is 3.34. The van der Waals surface area contributed by atoms with E-state index in [2.05, 4.69) is 29.1 Å². The van der Waals surface area contributed by atoms with Gasteiger partial charge in [-0.25, -0.2) is 14.6 Å². The van der Waals surface area contributed by atoms with Crippen molar-refractivity contribution >= 4 is 35.0 Å². The predicted octanol–water partition coefficient (Wildman–Crippen LogP) is 6.61. The molecule has 0 radical (unpaired) electrons. The van der Waals surface area contributed by atoms with Gasteiger partial charge in [0.25, 0.3) is 0 Å². The van der Waals surface area contributed by atoms with Crippen molar-refractivity contribution in [3.63, 3.8) is 0 Å². The summed E-state index contributed by atoms with van der Waals surface area (Å²) >= 11 is 0. The Hall–Kier alpha value is -3.49. The molecule has 2 aromatic heterocycles. The van der Waals surface area contributed by atoms with E-state index in [0.29, 0.717) is 29.9 Å². The number of nitrogens with zero attached hydrogens (tertiary/aromatic N) is 4. The van der Waals surface area contributed by atoms with Gasteiger partial charge in [0.2, 0.25) is 0 Å². The SMILES string of the molecule is CN[C@H](CC(C)C)C(=O)CC1CCC(n2nc(-c3ccc(Oc4ccccc4)cc3)c3c(N)ncnc32)CC1.Cl. The summed E-state index contributed by atoms with van der Waals surface area (Å²) in [7, 11) is 1.89. The maximum absolute atomic E-state index is 12.9. The van der Waals surface area contributed by atoms with Crippen molar-refractivity contribution in [3.8, 4) is 22.8 Å². The van der Waals surface area contributed by atoms with Crippen molar-refractivity contribution < 1.29 is 9.53 Å². The first-order valence-electron chi connectivity index (χ1n) is 13.9. The number of halogens is 1. The summed E-state index contributed by atoms with van der Waals surface area (Å²) in [5.74, 6) is 3.20. The van der Waals surface area contributed by atoms with E-state index in [1.807, 2.05) is 66.3 Å². The zero-order valence-corrected chi connectivity index (χ0v) is 24.2. The van der Waals surface area contributed by atoms with Gasteiger partial charge in [-0.2, -0.15) is 5.10 Å². The Morgan fingerprint density at radius 1 is 1.02 bits per heavy atom. The molecule has 0 saturated heterocycles. The molecule has 1 fully saturated rings. The molecule has 0 amide bonds. The Labute approximate surface area is 242 Å². The fraction of sp³-hybridized carbons (Fsp3) is 0.419. The maximum Gasteiger partial charge on any atom is 0.164 e. The van der Waals surface area contributed by atoms with Gasteiger partial charge in [-0.05, 0) is 87.4 Å². The lowest BCUT2D eigenvalue weighted by Crippen LogP contribution is -2.36. The quantitative estimate of drug-likeness (QED) is 0.224. The largest absolute Gasteiger partial charge is 0.457 e. The molecule has 0 bridgehead atoms. The van der Waals surface area contributed by atoms with E-state index >= 15 is 0 Å². The average molecular weight is 563 g/mol. The van der Waals surface area contributed by atoms with E-state index in [1.54, 1.807) is 0 Å². The topological polar surface area (TPSA) is 108 Å². The van der Waals surface area contributed by atoms with Crippen molar-refractivity contribution in [1.29, 1.82) is 0 Å². The van der Waals surface area contributed by atoms with Gasteiger partial charge in [0.1, 0.15) is 35.1 Å². The van der Waals surface area contributed by atoms with Crippen LogP contribution in [0.25, 0.3) is 22.3 Å². The first-order valence-corrected chi connectivity index (χ1v) is 13.9. The third-order valence-corrected chi connectivity index (χ3v) is 7.72. The van der Waals surface area contributed by atoms with Crippen molar-refractivity contribution in [2.75, 3.05) is 12.8 Å². The molecular weight excluding hydrogens is 524 g/mol. The summed E-state index contributed by atoms with van der Waals surface area (Å²) in [5.41, 5.74) is 8.82. The lowest BCUT2D eigenvalue weighted by Gasteiger charge is -2.29. The minimum absolute atomic E-state index is 0. The summed E-state index contributed by atoms with van der Waals surface area (Å²) in [5, 5.41) is 9.03. The van der Waals surface area contributed by atoms with Crippen molar-refractivity contribution in [1.82, 2.24) is 25.1 Å². The highest BCUT2D eigenvalue weighted by molar-refractivity contribution is 5.98. The number of para-hydroxylation sites is 1. The summed E-state index contributed by atoms with van der Waals surface area (Å²) in [6, 6.07) is 17.7. The third kappa shape index (κ3) is 6.62. The van der Waals surface area contributed by atoms with Crippen molar-refractivity contribution in [3.05, 3.63) is 60.9 Å². The van der Waals surface area contributed by atoms with Gasteiger partial charge in [0.15, 0.2) is 5.65 Å². The molecule has 2 heterocycles. The number of nitrogens with two attached hydrogens (primary N) is 1. The lowest BCUT2D eigenvalue weighted by atomic mass is 9.81. The standard InChI is InChI=1S/C31H38N6O2.ClH/c1-20(2)17-26(33-3)27(38)18-21-9-13-23(14-10-21)37-31-28(30(32)34-19-35-31)29(36-37)22-11-15-25(16-12-22)39-24-7-5-4-6-8-24;/h4-8,11-12,15-16,19-21,23,26,33H,9-10,13-14,17-18H2,1-3H3,(H2,32,34,35);1H/t21?,23?,26-;/m1./s1. The van der Waals surface area contributed by atoms with Crippen LogP contribution in [0.5, 0.6) is 11.5 Å². The number of nitrogen functional groups attached to an aromatic ring is 1. The Balaban J connectivity index is 0.00000370. The molecule has 1 atom stereocenters. The second kappa shape index (κ2) is 13.2. The third-order valence-electron chi connectivity index (χ3n) is 7.72. The number of anilines is 1. The molecule has 5 rings (SSSR count). The van der Waals surface area contributed by atoms with Crippen LogP contribution in [0, 0.1) is 11.8 Å². The predicted molar refractivity (Wildman–Crippen MR) is 162 cm³/mol. The van der Waals surface area contributed by atoms with Crippen LogP contribution >= 0.6 is 12.4 Å². The highest BCUT2D eigenvalue weighted by Crippen LogP contribution is 2.39. The molecule has 212 valence electrons.